The third-order valence-electron chi connectivity index (χ3n) is 3.20. The van der Waals surface area contributed by atoms with Crippen LogP contribution in [0.5, 0.6) is 5.75 Å². The van der Waals surface area contributed by atoms with E-state index >= 15 is 0 Å². The number of anilines is 1. The van der Waals surface area contributed by atoms with Gasteiger partial charge in [-0.2, -0.15) is 0 Å². The summed E-state index contributed by atoms with van der Waals surface area (Å²) in [6.45, 7) is 1.11. The van der Waals surface area contributed by atoms with Crippen molar-refractivity contribution in [1.82, 2.24) is 0 Å². The van der Waals surface area contributed by atoms with Gasteiger partial charge in [0.15, 0.2) is 0 Å². The van der Waals surface area contributed by atoms with Crippen LogP contribution in [0.3, 0.4) is 0 Å². The maximum Gasteiger partial charge on any atom is 0.119 e. The van der Waals surface area contributed by atoms with Crippen LogP contribution in [0.1, 0.15) is 11.6 Å². The van der Waals surface area contributed by atoms with Gasteiger partial charge in [0.2, 0.25) is 0 Å². The molecule has 1 aliphatic rings. The average molecular weight is 225 g/mol. The third kappa shape index (κ3) is 1.98. The molecule has 0 aromatic heterocycles. The van der Waals surface area contributed by atoms with Gasteiger partial charge in [-0.05, 0) is 29.8 Å². The lowest BCUT2D eigenvalue weighted by atomic mass is 10.2. The monoisotopic (exact) mass is 225 g/mol. The largest absolute Gasteiger partial charge is 0.497 e. The van der Waals surface area contributed by atoms with Gasteiger partial charge in [-0.1, -0.05) is 30.3 Å². The van der Waals surface area contributed by atoms with Gasteiger partial charge in [0.1, 0.15) is 5.75 Å². The van der Waals surface area contributed by atoms with Crippen LogP contribution in [-0.4, -0.2) is 13.7 Å². The van der Waals surface area contributed by atoms with Gasteiger partial charge in [0.25, 0.3) is 0 Å². The Morgan fingerprint density at radius 3 is 2.35 bits per heavy atom. The second-order valence-electron chi connectivity index (χ2n) is 4.28. The van der Waals surface area contributed by atoms with E-state index in [2.05, 4.69) is 47.4 Å². The molecule has 0 spiro atoms. The van der Waals surface area contributed by atoms with Crippen molar-refractivity contribution >= 4 is 5.69 Å². The molecule has 17 heavy (non-hydrogen) atoms. The highest BCUT2D eigenvalue weighted by Gasteiger charge is 2.35. The van der Waals surface area contributed by atoms with Crippen LogP contribution in [0.4, 0.5) is 5.69 Å². The molecular formula is C15H15NO. The lowest BCUT2D eigenvalue weighted by molar-refractivity contribution is 0.415. The SMILES string of the molecule is COc1ccc(N2C[C@H]2c2ccccc2)cc1. The Bertz CT molecular complexity index is 492. The smallest absolute Gasteiger partial charge is 0.119 e. The lowest BCUT2D eigenvalue weighted by Crippen LogP contribution is -1.94. The summed E-state index contributed by atoms with van der Waals surface area (Å²) in [5.41, 5.74) is 2.66. The van der Waals surface area contributed by atoms with E-state index in [1.165, 1.54) is 11.3 Å². The Balaban J connectivity index is 1.76. The first-order chi connectivity index (χ1) is 8.38. The average Bonchev–Trinajstić information content (AvgIpc) is 3.20. The second kappa shape index (κ2) is 4.13. The van der Waals surface area contributed by atoms with Crippen molar-refractivity contribution in [2.24, 2.45) is 0 Å². The van der Waals surface area contributed by atoms with Gasteiger partial charge in [0.05, 0.1) is 13.2 Å². The zero-order valence-electron chi connectivity index (χ0n) is 9.84. The van der Waals surface area contributed by atoms with E-state index in [4.69, 9.17) is 4.74 Å². The molecule has 1 fully saturated rings. The molecular weight excluding hydrogens is 210 g/mol. The highest BCUT2D eigenvalue weighted by atomic mass is 16.5. The number of methoxy groups -OCH3 is 1. The zero-order chi connectivity index (χ0) is 11.7. The summed E-state index contributed by atoms with van der Waals surface area (Å²) in [5, 5.41) is 0. The number of nitrogens with zero attached hydrogens (tertiary/aromatic N) is 1. The molecule has 1 saturated heterocycles. The molecule has 0 unspecified atom stereocenters. The van der Waals surface area contributed by atoms with Crippen LogP contribution < -0.4 is 9.64 Å². The van der Waals surface area contributed by atoms with Crippen molar-refractivity contribution in [1.29, 1.82) is 0 Å². The quantitative estimate of drug-likeness (QED) is 0.743. The predicted molar refractivity (Wildman–Crippen MR) is 69.5 cm³/mol. The highest BCUT2D eigenvalue weighted by Crippen LogP contribution is 2.39. The maximum absolute atomic E-state index is 5.16. The molecule has 0 saturated carbocycles. The minimum Gasteiger partial charge on any atom is -0.497 e. The molecule has 0 bridgehead atoms. The summed E-state index contributed by atoms with van der Waals surface area (Å²) in [6, 6.07) is 19.4. The second-order valence-corrected chi connectivity index (χ2v) is 4.28. The van der Waals surface area contributed by atoms with E-state index in [1.54, 1.807) is 7.11 Å². The van der Waals surface area contributed by atoms with Gasteiger partial charge in [-0.15, -0.1) is 0 Å². The van der Waals surface area contributed by atoms with Crippen LogP contribution in [0, 0.1) is 0 Å². The summed E-state index contributed by atoms with van der Waals surface area (Å²) in [5.74, 6) is 0.909. The molecule has 2 nitrogen and oxygen atoms in total. The third-order valence-corrected chi connectivity index (χ3v) is 3.20. The molecule has 2 aromatic carbocycles. The summed E-state index contributed by atoms with van der Waals surface area (Å²) in [4.78, 5) is 2.38. The van der Waals surface area contributed by atoms with Gasteiger partial charge >= 0.3 is 0 Å². The molecule has 3 rings (SSSR count). The maximum atomic E-state index is 5.16. The fraction of sp³-hybridized carbons (Fsp3) is 0.200. The van der Waals surface area contributed by atoms with E-state index in [-0.39, 0.29) is 0 Å². The number of ether oxygens (including phenoxy) is 1. The van der Waals surface area contributed by atoms with Crippen molar-refractivity contribution in [3.8, 4) is 5.75 Å². The van der Waals surface area contributed by atoms with Crippen molar-refractivity contribution in [2.75, 3.05) is 18.6 Å². The van der Waals surface area contributed by atoms with E-state index in [1.807, 2.05) is 12.1 Å². The van der Waals surface area contributed by atoms with Gasteiger partial charge in [0, 0.05) is 12.2 Å². The van der Waals surface area contributed by atoms with E-state index in [0.717, 1.165) is 12.3 Å². The first-order valence-corrected chi connectivity index (χ1v) is 5.84. The summed E-state index contributed by atoms with van der Waals surface area (Å²) < 4.78 is 5.16. The Hall–Kier alpha value is -1.96. The molecule has 2 heteroatoms. The molecule has 0 aliphatic carbocycles. The fourth-order valence-electron chi connectivity index (χ4n) is 2.16. The fourth-order valence-corrected chi connectivity index (χ4v) is 2.16. The molecule has 2 aromatic rings. The summed E-state index contributed by atoms with van der Waals surface area (Å²) in [7, 11) is 1.69. The lowest BCUT2D eigenvalue weighted by Gasteiger charge is -2.06. The van der Waals surface area contributed by atoms with Crippen LogP contribution >= 0.6 is 0 Å². The van der Waals surface area contributed by atoms with Gasteiger partial charge in [-0.25, -0.2) is 0 Å². The van der Waals surface area contributed by atoms with Crippen LogP contribution in [0.2, 0.25) is 0 Å². The van der Waals surface area contributed by atoms with E-state index in [0.29, 0.717) is 6.04 Å². The zero-order valence-corrected chi connectivity index (χ0v) is 9.84. The Labute approximate surface area is 101 Å². The van der Waals surface area contributed by atoms with Crippen molar-refractivity contribution in [3.63, 3.8) is 0 Å². The standard InChI is InChI=1S/C15H15NO/c1-17-14-9-7-13(8-10-14)16-11-15(16)12-5-3-2-4-6-12/h2-10,15H,11H2,1H3/t15-,16?/m0/s1. The van der Waals surface area contributed by atoms with Gasteiger partial charge in [-0.3, -0.25) is 0 Å². The number of benzene rings is 2. The van der Waals surface area contributed by atoms with Crippen LogP contribution in [0.25, 0.3) is 0 Å². The number of hydrogen-bond acceptors (Lipinski definition) is 2. The van der Waals surface area contributed by atoms with Crippen LogP contribution in [-0.2, 0) is 0 Å². The highest BCUT2D eigenvalue weighted by molar-refractivity contribution is 5.57. The minimum atomic E-state index is 0.546. The van der Waals surface area contributed by atoms with Crippen LogP contribution in [0.15, 0.2) is 54.6 Å². The first kappa shape index (κ1) is 10.2. The molecule has 0 amide bonds. The number of hydrogen-bond donors (Lipinski definition) is 0. The molecule has 0 radical (unpaired) electrons. The molecule has 1 heterocycles. The van der Waals surface area contributed by atoms with E-state index in [9.17, 15) is 0 Å². The van der Waals surface area contributed by atoms with Crippen molar-refractivity contribution in [3.05, 3.63) is 60.2 Å². The van der Waals surface area contributed by atoms with E-state index < -0.39 is 0 Å². The molecule has 1 aliphatic heterocycles. The number of rotatable bonds is 3. The predicted octanol–water partition coefficient (Wildman–Crippen LogP) is 3.26. The van der Waals surface area contributed by atoms with Crippen molar-refractivity contribution < 1.29 is 4.74 Å². The first-order valence-electron chi connectivity index (χ1n) is 5.84. The topological polar surface area (TPSA) is 12.2 Å². The minimum absolute atomic E-state index is 0.546. The Morgan fingerprint density at radius 2 is 1.71 bits per heavy atom. The Kier molecular flexibility index (Phi) is 2.48. The molecule has 86 valence electrons. The summed E-state index contributed by atoms with van der Waals surface area (Å²) >= 11 is 0. The normalized spacial score (nSPS) is 17.9. The summed E-state index contributed by atoms with van der Waals surface area (Å²) in [6.07, 6.45) is 0. The molecule has 1 atom stereocenters. The Morgan fingerprint density at radius 1 is 1.00 bits per heavy atom. The van der Waals surface area contributed by atoms with Gasteiger partial charge < -0.3 is 9.64 Å². The molecule has 0 N–H and O–H groups in total. The van der Waals surface area contributed by atoms with Crippen molar-refractivity contribution in [2.45, 2.75) is 6.04 Å².